The molecule has 0 fully saturated rings. The molecule has 1 rings (SSSR count). The quantitative estimate of drug-likeness (QED) is 0.569. The highest BCUT2D eigenvalue weighted by molar-refractivity contribution is 7.11. The maximum absolute atomic E-state index is 4.54. The van der Waals surface area contributed by atoms with Crippen LogP contribution in [0.1, 0.15) is 55.1 Å². The van der Waals surface area contributed by atoms with Gasteiger partial charge in [-0.25, -0.2) is 4.98 Å². The molecular weight excluding hydrogens is 280 g/mol. The number of unbranched alkanes of at least 4 members (excludes halogenated alkanes) is 1. The molecule has 0 spiro atoms. The van der Waals surface area contributed by atoms with Crippen LogP contribution < -0.4 is 10.6 Å². The third-order valence-corrected chi connectivity index (χ3v) is 4.88. The zero-order chi connectivity index (χ0) is 15.7. The van der Waals surface area contributed by atoms with E-state index in [9.17, 15) is 0 Å². The maximum atomic E-state index is 4.54. The van der Waals surface area contributed by atoms with Gasteiger partial charge < -0.3 is 10.6 Å². The van der Waals surface area contributed by atoms with E-state index in [0.717, 1.165) is 35.7 Å². The number of aliphatic imine (C=N–C) groups is 1. The lowest BCUT2D eigenvalue weighted by Crippen LogP contribution is -2.39. The Morgan fingerprint density at radius 2 is 2.05 bits per heavy atom. The first-order chi connectivity index (χ1) is 10.1. The molecule has 0 aliphatic rings. The number of hydrogen-bond donors (Lipinski definition) is 2. The van der Waals surface area contributed by atoms with Crippen molar-refractivity contribution < 1.29 is 0 Å². The largest absolute Gasteiger partial charge is 0.356 e. The Morgan fingerprint density at radius 1 is 1.29 bits per heavy atom. The van der Waals surface area contributed by atoms with Gasteiger partial charge in [0.2, 0.25) is 0 Å². The van der Waals surface area contributed by atoms with Crippen molar-refractivity contribution in [1.29, 1.82) is 0 Å². The minimum Gasteiger partial charge on any atom is -0.356 e. The molecule has 5 heteroatoms. The van der Waals surface area contributed by atoms with E-state index < -0.39 is 0 Å². The van der Waals surface area contributed by atoms with E-state index in [1.165, 1.54) is 30.6 Å². The standard InChI is InChI=1S/C16H30N4S/c1-6-8-9-14(7-2)10-18-16(17-5)19-11-15-20-12(3)13(4)21-15/h14H,6-11H2,1-5H3,(H2,17,18,19). The first-order valence-electron chi connectivity index (χ1n) is 7.98. The number of guanidine groups is 1. The van der Waals surface area contributed by atoms with Crippen LogP contribution in [0.15, 0.2) is 4.99 Å². The van der Waals surface area contributed by atoms with Crippen LogP contribution in [0, 0.1) is 19.8 Å². The molecule has 2 N–H and O–H groups in total. The molecule has 0 saturated heterocycles. The van der Waals surface area contributed by atoms with Crippen molar-refractivity contribution in [1.82, 2.24) is 15.6 Å². The van der Waals surface area contributed by atoms with Crippen LogP contribution in [-0.4, -0.2) is 24.5 Å². The molecule has 1 unspecified atom stereocenters. The minimum atomic E-state index is 0.729. The van der Waals surface area contributed by atoms with Gasteiger partial charge in [-0.3, -0.25) is 4.99 Å². The van der Waals surface area contributed by atoms with Gasteiger partial charge in [-0.15, -0.1) is 11.3 Å². The molecule has 4 nitrogen and oxygen atoms in total. The molecule has 0 aliphatic heterocycles. The smallest absolute Gasteiger partial charge is 0.191 e. The van der Waals surface area contributed by atoms with Crippen molar-refractivity contribution in [2.75, 3.05) is 13.6 Å². The molecule has 1 aromatic rings. The fourth-order valence-electron chi connectivity index (χ4n) is 2.18. The molecule has 21 heavy (non-hydrogen) atoms. The van der Waals surface area contributed by atoms with Crippen molar-refractivity contribution in [2.45, 2.75) is 59.9 Å². The Bertz CT molecular complexity index is 420. The average molecular weight is 311 g/mol. The first kappa shape index (κ1) is 18.0. The SMILES string of the molecule is CCCCC(CC)CNC(=NC)NCc1nc(C)c(C)s1. The van der Waals surface area contributed by atoms with Crippen molar-refractivity contribution in [3.8, 4) is 0 Å². The number of nitrogens with zero attached hydrogens (tertiary/aromatic N) is 2. The third-order valence-electron chi connectivity index (χ3n) is 3.80. The van der Waals surface area contributed by atoms with E-state index >= 15 is 0 Å². The van der Waals surface area contributed by atoms with Crippen LogP contribution in [0.2, 0.25) is 0 Å². The fourth-order valence-corrected chi connectivity index (χ4v) is 3.05. The van der Waals surface area contributed by atoms with Crippen LogP contribution in [0.25, 0.3) is 0 Å². The molecule has 0 radical (unpaired) electrons. The van der Waals surface area contributed by atoms with Gasteiger partial charge in [0.15, 0.2) is 5.96 Å². The van der Waals surface area contributed by atoms with Gasteiger partial charge in [0, 0.05) is 18.5 Å². The second-order valence-corrected chi connectivity index (χ2v) is 6.76. The van der Waals surface area contributed by atoms with Crippen molar-refractivity contribution in [3.63, 3.8) is 0 Å². The molecular formula is C16H30N4S. The summed E-state index contributed by atoms with van der Waals surface area (Å²) in [5, 5.41) is 7.90. The van der Waals surface area contributed by atoms with Gasteiger partial charge in [-0.05, 0) is 26.2 Å². The van der Waals surface area contributed by atoms with E-state index in [-0.39, 0.29) is 0 Å². The predicted molar refractivity (Wildman–Crippen MR) is 93.1 cm³/mol. The molecule has 0 aliphatic carbocycles. The number of aromatic nitrogens is 1. The average Bonchev–Trinajstić information content (AvgIpc) is 2.81. The highest BCUT2D eigenvalue weighted by Gasteiger charge is 2.08. The van der Waals surface area contributed by atoms with E-state index in [4.69, 9.17) is 0 Å². The summed E-state index contributed by atoms with van der Waals surface area (Å²) in [6, 6.07) is 0. The van der Waals surface area contributed by atoms with Crippen LogP contribution in [-0.2, 0) is 6.54 Å². The summed E-state index contributed by atoms with van der Waals surface area (Å²) < 4.78 is 0. The lowest BCUT2D eigenvalue weighted by Gasteiger charge is -2.17. The summed E-state index contributed by atoms with van der Waals surface area (Å²) in [4.78, 5) is 10.1. The zero-order valence-electron chi connectivity index (χ0n) is 14.1. The lowest BCUT2D eigenvalue weighted by molar-refractivity contribution is 0.443. The number of hydrogen-bond acceptors (Lipinski definition) is 3. The summed E-state index contributed by atoms with van der Waals surface area (Å²) in [7, 11) is 1.82. The minimum absolute atomic E-state index is 0.729. The van der Waals surface area contributed by atoms with Gasteiger partial charge in [-0.2, -0.15) is 0 Å². The van der Waals surface area contributed by atoms with Crippen molar-refractivity contribution in [3.05, 3.63) is 15.6 Å². The van der Waals surface area contributed by atoms with Gasteiger partial charge in [0.25, 0.3) is 0 Å². The highest BCUT2D eigenvalue weighted by Crippen LogP contribution is 2.16. The number of nitrogens with one attached hydrogen (secondary N) is 2. The molecule has 1 heterocycles. The predicted octanol–water partition coefficient (Wildman–Crippen LogP) is 3.64. The van der Waals surface area contributed by atoms with E-state index in [1.807, 2.05) is 7.05 Å². The van der Waals surface area contributed by atoms with Crippen LogP contribution in [0.3, 0.4) is 0 Å². The van der Waals surface area contributed by atoms with E-state index in [0.29, 0.717) is 0 Å². The van der Waals surface area contributed by atoms with Crippen molar-refractivity contribution in [2.24, 2.45) is 10.9 Å². The second kappa shape index (κ2) is 9.77. The molecule has 0 bridgehead atoms. The van der Waals surface area contributed by atoms with Gasteiger partial charge in [-0.1, -0.05) is 33.1 Å². The third kappa shape index (κ3) is 6.46. The first-order valence-corrected chi connectivity index (χ1v) is 8.79. The Kier molecular flexibility index (Phi) is 8.35. The molecule has 1 aromatic heterocycles. The van der Waals surface area contributed by atoms with Gasteiger partial charge in [0.1, 0.15) is 5.01 Å². The molecule has 120 valence electrons. The molecule has 0 saturated carbocycles. The molecule has 0 amide bonds. The molecule has 0 aromatic carbocycles. The maximum Gasteiger partial charge on any atom is 0.191 e. The van der Waals surface area contributed by atoms with Crippen LogP contribution >= 0.6 is 11.3 Å². The van der Waals surface area contributed by atoms with Gasteiger partial charge >= 0.3 is 0 Å². The van der Waals surface area contributed by atoms with Crippen LogP contribution in [0.5, 0.6) is 0 Å². The van der Waals surface area contributed by atoms with Gasteiger partial charge in [0.05, 0.1) is 12.2 Å². The summed E-state index contributed by atoms with van der Waals surface area (Å²) in [6.45, 7) is 10.4. The number of thiazole rings is 1. The second-order valence-electron chi connectivity index (χ2n) is 5.47. The number of rotatable bonds is 8. The summed E-state index contributed by atoms with van der Waals surface area (Å²) in [6.07, 6.45) is 5.09. The lowest BCUT2D eigenvalue weighted by atomic mass is 9.99. The van der Waals surface area contributed by atoms with E-state index in [2.05, 4.69) is 48.3 Å². The topological polar surface area (TPSA) is 49.3 Å². The Morgan fingerprint density at radius 3 is 2.57 bits per heavy atom. The highest BCUT2D eigenvalue weighted by atomic mass is 32.1. The normalized spacial score (nSPS) is 13.3. The van der Waals surface area contributed by atoms with E-state index in [1.54, 1.807) is 11.3 Å². The fraction of sp³-hybridized carbons (Fsp3) is 0.750. The Balaban J connectivity index is 2.37. The Hall–Kier alpha value is -1.10. The van der Waals surface area contributed by atoms with Crippen molar-refractivity contribution >= 4 is 17.3 Å². The zero-order valence-corrected chi connectivity index (χ0v) is 14.9. The summed E-state index contributed by atoms with van der Waals surface area (Å²) in [5.41, 5.74) is 1.13. The summed E-state index contributed by atoms with van der Waals surface area (Å²) >= 11 is 1.75. The Labute approximate surface area is 133 Å². The van der Waals surface area contributed by atoms with Crippen LogP contribution in [0.4, 0.5) is 0 Å². The number of aryl methyl sites for hydroxylation is 2. The molecule has 1 atom stereocenters. The summed E-state index contributed by atoms with van der Waals surface area (Å²) in [5.74, 6) is 1.60. The monoisotopic (exact) mass is 310 g/mol.